The highest BCUT2D eigenvalue weighted by molar-refractivity contribution is 5.92. The van der Waals surface area contributed by atoms with Gasteiger partial charge >= 0.3 is 0 Å². The normalized spacial score (nSPS) is 15.6. The topological polar surface area (TPSA) is 77.2 Å². The third kappa shape index (κ3) is 4.05. The summed E-state index contributed by atoms with van der Waals surface area (Å²) < 4.78 is 6.03. The molecule has 1 amide bonds. The van der Waals surface area contributed by atoms with Crippen molar-refractivity contribution in [3.63, 3.8) is 0 Å². The van der Waals surface area contributed by atoms with E-state index in [2.05, 4.69) is 40.6 Å². The minimum absolute atomic E-state index is 0.303. The maximum absolute atomic E-state index is 11.2. The number of aryl methyl sites for hydroxylation is 1. The molecule has 0 fully saturated rings. The van der Waals surface area contributed by atoms with Gasteiger partial charge in [-0.3, -0.25) is 4.79 Å². The van der Waals surface area contributed by atoms with Gasteiger partial charge in [0.25, 0.3) is 0 Å². The first-order chi connectivity index (χ1) is 13.7. The van der Waals surface area contributed by atoms with Crippen molar-refractivity contribution in [2.24, 2.45) is 5.73 Å². The zero-order valence-electron chi connectivity index (χ0n) is 15.6. The molecule has 2 heterocycles. The van der Waals surface area contributed by atoms with Crippen LogP contribution in [0, 0.1) is 0 Å². The summed E-state index contributed by atoms with van der Waals surface area (Å²) in [6, 6.07) is 20.3. The molecule has 2 aromatic carbocycles. The number of rotatable bonds is 6. The van der Waals surface area contributed by atoms with Gasteiger partial charge in [-0.15, -0.1) is 0 Å². The van der Waals surface area contributed by atoms with Crippen molar-refractivity contribution in [1.82, 2.24) is 10.3 Å². The van der Waals surface area contributed by atoms with Crippen molar-refractivity contribution in [1.29, 1.82) is 0 Å². The molecule has 0 saturated carbocycles. The second kappa shape index (κ2) is 8.23. The summed E-state index contributed by atoms with van der Waals surface area (Å²) >= 11 is 0. The van der Waals surface area contributed by atoms with Crippen molar-refractivity contribution < 1.29 is 9.53 Å². The fraction of sp³-hybridized carbons (Fsp3) is 0.217. The largest absolute Gasteiger partial charge is 0.439 e. The minimum atomic E-state index is -0.497. The lowest BCUT2D eigenvalue weighted by Gasteiger charge is -2.28. The molecule has 0 spiro atoms. The Hall–Kier alpha value is -3.18. The maximum Gasteiger partial charge on any atom is 0.250 e. The smallest absolute Gasteiger partial charge is 0.250 e. The molecular weight excluding hydrogens is 350 g/mol. The van der Waals surface area contributed by atoms with Crippen molar-refractivity contribution in [3.8, 4) is 11.6 Å². The van der Waals surface area contributed by atoms with Crippen LogP contribution in [0.5, 0.6) is 11.6 Å². The number of hydrogen-bond acceptors (Lipinski definition) is 4. The number of amides is 1. The Morgan fingerprint density at radius 1 is 1.11 bits per heavy atom. The number of ether oxygens (including phenoxy) is 1. The van der Waals surface area contributed by atoms with Crippen molar-refractivity contribution in [3.05, 3.63) is 89.1 Å². The molecule has 0 saturated heterocycles. The predicted octanol–water partition coefficient (Wildman–Crippen LogP) is 3.79. The molecule has 3 aromatic rings. The van der Waals surface area contributed by atoms with E-state index in [9.17, 15) is 4.79 Å². The van der Waals surface area contributed by atoms with Gasteiger partial charge in [0.15, 0.2) is 0 Å². The zero-order chi connectivity index (χ0) is 19.3. The molecule has 1 aliphatic heterocycles. The van der Waals surface area contributed by atoms with Crippen LogP contribution in [-0.2, 0) is 12.8 Å². The fourth-order valence-corrected chi connectivity index (χ4v) is 3.67. The van der Waals surface area contributed by atoms with E-state index >= 15 is 0 Å². The summed E-state index contributed by atoms with van der Waals surface area (Å²) in [7, 11) is 0. The minimum Gasteiger partial charge on any atom is -0.439 e. The van der Waals surface area contributed by atoms with Crippen molar-refractivity contribution in [2.75, 3.05) is 6.54 Å². The Balaban J connectivity index is 1.52. The molecule has 0 aliphatic carbocycles. The highest BCUT2D eigenvalue weighted by atomic mass is 16.5. The van der Waals surface area contributed by atoms with E-state index in [1.807, 2.05) is 18.2 Å². The lowest BCUT2D eigenvalue weighted by molar-refractivity contribution is 0.1000. The highest BCUT2D eigenvalue weighted by Gasteiger charge is 2.22. The molecule has 1 aromatic heterocycles. The van der Waals surface area contributed by atoms with Crippen LogP contribution in [-0.4, -0.2) is 17.4 Å². The number of hydrogen-bond donors (Lipinski definition) is 2. The third-order valence-electron chi connectivity index (χ3n) is 5.11. The lowest BCUT2D eigenvalue weighted by atomic mass is 9.90. The summed E-state index contributed by atoms with van der Waals surface area (Å²) in [5.41, 5.74) is 9.49. The quantitative estimate of drug-likeness (QED) is 0.689. The first-order valence-corrected chi connectivity index (χ1v) is 9.53. The second-order valence-electron chi connectivity index (χ2n) is 6.96. The van der Waals surface area contributed by atoms with Gasteiger partial charge in [0.1, 0.15) is 5.75 Å². The molecule has 28 heavy (non-hydrogen) atoms. The standard InChI is InChI=1S/C23H23N3O2/c24-23(27)17-10-12-22(26-15-17)28-21-8-4-7-18-19(21)13-14-25-20(18)11-9-16-5-2-1-3-6-16/h1-8,10,12,15,20,25H,9,11,13-14H2,(H2,24,27). The van der Waals surface area contributed by atoms with E-state index in [1.165, 1.54) is 22.9 Å². The van der Waals surface area contributed by atoms with E-state index in [4.69, 9.17) is 10.5 Å². The van der Waals surface area contributed by atoms with Crippen molar-refractivity contribution >= 4 is 5.91 Å². The number of nitrogens with two attached hydrogens (primary N) is 1. The average Bonchev–Trinajstić information content (AvgIpc) is 2.73. The number of carbonyl (C=O) groups excluding carboxylic acids is 1. The Labute approximate surface area is 164 Å². The molecule has 5 heteroatoms. The summed E-state index contributed by atoms with van der Waals surface area (Å²) in [6.07, 6.45) is 4.41. The van der Waals surface area contributed by atoms with Gasteiger partial charge in [0, 0.05) is 23.9 Å². The van der Waals surface area contributed by atoms with E-state index < -0.39 is 5.91 Å². The molecule has 142 valence electrons. The summed E-state index contributed by atoms with van der Waals surface area (Å²) in [4.78, 5) is 15.4. The molecule has 0 radical (unpaired) electrons. The van der Waals surface area contributed by atoms with Crippen LogP contribution < -0.4 is 15.8 Å². The van der Waals surface area contributed by atoms with Crippen molar-refractivity contribution in [2.45, 2.75) is 25.3 Å². The molecular formula is C23H23N3O2. The predicted molar refractivity (Wildman–Crippen MR) is 108 cm³/mol. The number of pyridine rings is 1. The number of carbonyl (C=O) groups is 1. The molecule has 4 rings (SSSR count). The molecule has 0 bridgehead atoms. The van der Waals surface area contributed by atoms with E-state index in [0.29, 0.717) is 17.5 Å². The van der Waals surface area contributed by atoms with Crippen LogP contribution >= 0.6 is 0 Å². The fourth-order valence-electron chi connectivity index (χ4n) is 3.67. The molecule has 1 atom stereocenters. The Morgan fingerprint density at radius 2 is 1.96 bits per heavy atom. The van der Waals surface area contributed by atoms with Gasteiger partial charge in [-0.2, -0.15) is 0 Å². The van der Waals surface area contributed by atoms with Crippen LogP contribution in [0.25, 0.3) is 0 Å². The van der Waals surface area contributed by atoms with Gasteiger partial charge in [-0.05, 0) is 49.1 Å². The highest BCUT2D eigenvalue weighted by Crippen LogP contribution is 2.34. The summed E-state index contributed by atoms with van der Waals surface area (Å²) in [6.45, 7) is 0.918. The maximum atomic E-state index is 11.2. The van der Waals surface area contributed by atoms with Gasteiger partial charge in [-0.1, -0.05) is 42.5 Å². The molecule has 3 N–H and O–H groups in total. The van der Waals surface area contributed by atoms with Crippen LogP contribution in [0.3, 0.4) is 0 Å². The lowest BCUT2D eigenvalue weighted by Crippen LogP contribution is -2.30. The first kappa shape index (κ1) is 18.2. The zero-order valence-corrected chi connectivity index (χ0v) is 15.6. The second-order valence-corrected chi connectivity index (χ2v) is 6.96. The summed E-state index contributed by atoms with van der Waals surface area (Å²) in [5, 5.41) is 3.63. The molecule has 1 unspecified atom stereocenters. The van der Waals surface area contributed by atoms with Crippen LogP contribution in [0.4, 0.5) is 0 Å². The number of benzene rings is 2. The van der Waals surface area contributed by atoms with Crippen LogP contribution in [0.15, 0.2) is 66.9 Å². The number of nitrogens with zero attached hydrogens (tertiary/aromatic N) is 1. The van der Waals surface area contributed by atoms with Crippen LogP contribution in [0.1, 0.15) is 39.5 Å². The van der Waals surface area contributed by atoms with Gasteiger partial charge in [-0.25, -0.2) is 4.98 Å². The number of primary amides is 1. The Bertz CT molecular complexity index is 955. The van der Waals surface area contributed by atoms with Crippen LogP contribution in [0.2, 0.25) is 0 Å². The van der Waals surface area contributed by atoms with Gasteiger partial charge in [0.05, 0.1) is 5.56 Å². The Kier molecular flexibility index (Phi) is 5.35. The van der Waals surface area contributed by atoms with E-state index in [0.717, 1.165) is 31.6 Å². The van der Waals surface area contributed by atoms with E-state index in [1.54, 1.807) is 12.1 Å². The SMILES string of the molecule is NC(=O)c1ccc(Oc2cccc3c2CCNC3CCc2ccccc2)nc1. The molecule has 1 aliphatic rings. The first-order valence-electron chi connectivity index (χ1n) is 9.53. The number of aromatic nitrogens is 1. The number of nitrogens with one attached hydrogen (secondary N) is 1. The monoisotopic (exact) mass is 373 g/mol. The average molecular weight is 373 g/mol. The number of fused-ring (bicyclic) bond motifs is 1. The van der Waals surface area contributed by atoms with Gasteiger partial charge in [0.2, 0.25) is 11.8 Å². The van der Waals surface area contributed by atoms with E-state index in [-0.39, 0.29) is 0 Å². The summed E-state index contributed by atoms with van der Waals surface area (Å²) in [5.74, 6) is 0.782. The third-order valence-corrected chi connectivity index (χ3v) is 5.11. The Morgan fingerprint density at radius 3 is 2.71 bits per heavy atom. The molecule has 5 nitrogen and oxygen atoms in total. The van der Waals surface area contributed by atoms with Gasteiger partial charge < -0.3 is 15.8 Å².